The number of hydrogen-bond donors (Lipinski definition) is 2. The van der Waals surface area contributed by atoms with Crippen LogP contribution in [0.4, 0.5) is 0 Å². The molecule has 460 valence electrons. The van der Waals surface area contributed by atoms with Crippen LogP contribution in [-0.4, -0.2) is 68.5 Å². The van der Waals surface area contributed by atoms with E-state index in [1.807, 2.05) is 27.2 Å². The summed E-state index contributed by atoms with van der Waals surface area (Å²) in [5, 5.41) is 13.9. The molecule has 2 N–H and O–H groups in total. The van der Waals surface area contributed by atoms with Crippen molar-refractivity contribution in [3.63, 3.8) is 0 Å². The number of likely N-dealkylation sites (N-methyl/N-ethyl adjacent to an activating group) is 1. The summed E-state index contributed by atoms with van der Waals surface area (Å²) >= 11 is 0. The maximum atomic E-state index is 13.0. The van der Waals surface area contributed by atoms with Crippen molar-refractivity contribution in [3.8, 4) is 0 Å². The van der Waals surface area contributed by atoms with Gasteiger partial charge >= 0.3 is 0 Å². The van der Waals surface area contributed by atoms with Gasteiger partial charge in [0, 0.05) is 6.42 Å². The van der Waals surface area contributed by atoms with Gasteiger partial charge in [-0.25, -0.2) is 0 Å². The van der Waals surface area contributed by atoms with Gasteiger partial charge in [0.15, 0.2) is 0 Å². The molecule has 0 saturated heterocycles. The molecular weight excluding hydrogens is 984 g/mol. The molecule has 0 aromatic heterocycles. The standard InChI is InChI=1S/C69H133N2O6P/c1-6-8-10-12-14-16-18-20-22-24-26-28-30-32-33-34-35-36-37-39-41-43-45-47-49-51-53-55-57-59-61-63-69(73)70-67(66-77-78(74,75)76-65-64-71(3,4)5)68(72)62-60-58-56-54-52-50-48-46-44-42-40-38-31-29-27-25-23-21-19-17-15-13-11-9-7-2/h32-33,44,46,52,54,60,62,67-68,72H,6-31,34-43,45,47-51,53,55-59,61,63-66H2,1-5H3,(H-,70,73,74,75)/b33-32-,46-44+,54-52+,62-60+. The number of aliphatic hydroxyl groups excluding tert-OH is 1. The molecule has 0 rings (SSSR count). The molecule has 3 atom stereocenters. The highest BCUT2D eigenvalue weighted by Crippen LogP contribution is 2.38. The van der Waals surface area contributed by atoms with Crippen molar-refractivity contribution in [2.75, 3.05) is 40.9 Å². The van der Waals surface area contributed by atoms with Crippen LogP contribution in [0, 0.1) is 0 Å². The molecule has 0 aliphatic carbocycles. The molecular formula is C69H133N2O6P. The van der Waals surface area contributed by atoms with Gasteiger partial charge in [0.2, 0.25) is 5.91 Å². The van der Waals surface area contributed by atoms with Crippen molar-refractivity contribution in [3.05, 3.63) is 48.6 Å². The van der Waals surface area contributed by atoms with Crippen LogP contribution in [0.1, 0.15) is 335 Å². The summed E-state index contributed by atoms with van der Waals surface area (Å²) in [5.41, 5.74) is 0. The zero-order valence-electron chi connectivity index (χ0n) is 52.6. The number of hydrogen-bond acceptors (Lipinski definition) is 6. The van der Waals surface area contributed by atoms with Crippen LogP contribution in [0.25, 0.3) is 0 Å². The van der Waals surface area contributed by atoms with E-state index in [4.69, 9.17) is 9.05 Å². The molecule has 0 aliphatic rings. The number of aliphatic hydroxyl groups is 1. The predicted molar refractivity (Wildman–Crippen MR) is 339 cm³/mol. The number of nitrogens with one attached hydrogen (secondary N) is 1. The lowest BCUT2D eigenvalue weighted by Crippen LogP contribution is -2.45. The number of phosphoric ester groups is 1. The number of unbranched alkanes of at least 4 members (excludes halogenated alkanes) is 44. The minimum Gasteiger partial charge on any atom is -0.756 e. The van der Waals surface area contributed by atoms with Crippen molar-refractivity contribution in [1.82, 2.24) is 5.32 Å². The fraction of sp³-hybridized carbons (Fsp3) is 0.870. The normalized spacial score (nSPS) is 14.0. The molecule has 1 amide bonds. The Morgan fingerprint density at radius 2 is 0.718 bits per heavy atom. The van der Waals surface area contributed by atoms with E-state index in [2.05, 4.69) is 55.6 Å². The van der Waals surface area contributed by atoms with E-state index in [0.717, 1.165) is 44.9 Å². The summed E-state index contributed by atoms with van der Waals surface area (Å²) in [6, 6.07) is -0.911. The third-order valence-corrected chi connectivity index (χ3v) is 16.5. The van der Waals surface area contributed by atoms with Gasteiger partial charge < -0.3 is 28.8 Å². The van der Waals surface area contributed by atoms with E-state index in [-0.39, 0.29) is 12.5 Å². The second-order valence-electron chi connectivity index (χ2n) is 24.5. The lowest BCUT2D eigenvalue weighted by Gasteiger charge is -2.29. The number of carbonyl (C=O) groups excluding carboxylic acids is 1. The van der Waals surface area contributed by atoms with Gasteiger partial charge in [-0.15, -0.1) is 0 Å². The van der Waals surface area contributed by atoms with E-state index in [0.29, 0.717) is 17.4 Å². The average molecular weight is 1120 g/mol. The van der Waals surface area contributed by atoms with Crippen molar-refractivity contribution in [2.45, 2.75) is 347 Å². The molecule has 78 heavy (non-hydrogen) atoms. The van der Waals surface area contributed by atoms with Crippen LogP contribution < -0.4 is 10.2 Å². The molecule has 0 heterocycles. The first-order valence-electron chi connectivity index (χ1n) is 34.0. The van der Waals surface area contributed by atoms with E-state index in [1.54, 1.807) is 6.08 Å². The zero-order valence-corrected chi connectivity index (χ0v) is 53.5. The fourth-order valence-electron chi connectivity index (χ4n) is 10.2. The van der Waals surface area contributed by atoms with E-state index < -0.39 is 26.6 Å². The first-order chi connectivity index (χ1) is 38.0. The second-order valence-corrected chi connectivity index (χ2v) is 25.9. The van der Waals surface area contributed by atoms with Crippen molar-refractivity contribution < 1.29 is 32.9 Å². The number of nitrogens with zero attached hydrogens (tertiary/aromatic N) is 1. The molecule has 0 radical (unpaired) electrons. The lowest BCUT2D eigenvalue weighted by atomic mass is 10.0. The molecule has 0 bridgehead atoms. The average Bonchev–Trinajstić information content (AvgIpc) is 3.41. The van der Waals surface area contributed by atoms with Crippen LogP contribution >= 0.6 is 7.82 Å². The van der Waals surface area contributed by atoms with Crippen LogP contribution in [-0.2, 0) is 18.4 Å². The smallest absolute Gasteiger partial charge is 0.268 e. The minimum atomic E-state index is -4.61. The Morgan fingerprint density at radius 1 is 0.436 bits per heavy atom. The summed E-state index contributed by atoms with van der Waals surface area (Å²) in [5.74, 6) is -0.206. The SMILES string of the molecule is CCCCCCCCCCCCCC/C=C\CCCCCCCCCCCCCCCCCC(=O)NC(COP(=O)([O-])OCC[N+](C)(C)C)C(O)/C=C/CC/C=C/CC/C=C/CCCCCCCCCCCCCCCCC. The predicted octanol–water partition coefficient (Wildman–Crippen LogP) is 20.8. The molecule has 0 fully saturated rings. The Morgan fingerprint density at radius 3 is 1.04 bits per heavy atom. The highest BCUT2D eigenvalue weighted by atomic mass is 31.2. The Hall–Kier alpha value is -1.54. The molecule has 0 aromatic carbocycles. The first-order valence-corrected chi connectivity index (χ1v) is 35.5. The van der Waals surface area contributed by atoms with Gasteiger partial charge in [0.25, 0.3) is 7.82 Å². The Bertz CT molecular complexity index is 1410. The van der Waals surface area contributed by atoms with Crippen LogP contribution in [0.15, 0.2) is 48.6 Å². The zero-order chi connectivity index (χ0) is 57.0. The summed E-state index contributed by atoms with van der Waals surface area (Å²) < 4.78 is 23.4. The van der Waals surface area contributed by atoms with Gasteiger partial charge in [0.1, 0.15) is 13.2 Å². The summed E-state index contributed by atoms with van der Waals surface area (Å²) in [6.07, 6.45) is 80.9. The van der Waals surface area contributed by atoms with Crippen molar-refractivity contribution in [1.29, 1.82) is 0 Å². The Labute approximate surface area is 486 Å². The van der Waals surface area contributed by atoms with Gasteiger partial charge in [-0.3, -0.25) is 9.36 Å². The molecule has 3 unspecified atom stereocenters. The van der Waals surface area contributed by atoms with E-state index in [1.165, 1.54) is 270 Å². The molecule has 0 saturated carbocycles. The molecule has 0 aliphatic heterocycles. The monoisotopic (exact) mass is 1120 g/mol. The van der Waals surface area contributed by atoms with Gasteiger partial charge in [-0.2, -0.15) is 0 Å². The summed E-state index contributed by atoms with van der Waals surface area (Å²) in [7, 11) is 1.25. The third-order valence-electron chi connectivity index (χ3n) is 15.5. The number of phosphoric acid groups is 1. The van der Waals surface area contributed by atoms with Crippen LogP contribution in [0.5, 0.6) is 0 Å². The van der Waals surface area contributed by atoms with Crippen molar-refractivity contribution in [2.24, 2.45) is 0 Å². The topological polar surface area (TPSA) is 108 Å². The van der Waals surface area contributed by atoms with Gasteiger partial charge in [0.05, 0.1) is 39.9 Å². The highest BCUT2D eigenvalue weighted by Gasteiger charge is 2.23. The summed E-state index contributed by atoms with van der Waals surface area (Å²) in [6.45, 7) is 4.67. The lowest BCUT2D eigenvalue weighted by molar-refractivity contribution is -0.870. The number of carbonyl (C=O) groups is 1. The molecule has 9 heteroatoms. The van der Waals surface area contributed by atoms with E-state index in [9.17, 15) is 19.4 Å². The highest BCUT2D eigenvalue weighted by molar-refractivity contribution is 7.45. The summed E-state index contributed by atoms with van der Waals surface area (Å²) in [4.78, 5) is 25.6. The number of amides is 1. The molecule has 0 aromatic rings. The number of rotatable bonds is 63. The van der Waals surface area contributed by atoms with Gasteiger partial charge in [-0.05, 0) is 70.6 Å². The first kappa shape index (κ1) is 76.5. The quantitative estimate of drug-likeness (QED) is 0.0272. The van der Waals surface area contributed by atoms with E-state index >= 15 is 0 Å². The number of quaternary nitrogens is 1. The van der Waals surface area contributed by atoms with Crippen LogP contribution in [0.3, 0.4) is 0 Å². The maximum Gasteiger partial charge on any atom is 0.268 e. The molecule has 8 nitrogen and oxygen atoms in total. The van der Waals surface area contributed by atoms with Gasteiger partial charge in [-0.1, -0.05) is 306 Å². The molecule has 0 spiro atoms. The Kier molecular flexibility index (Phi) is 58.9. The fourth-order valence-corrected chi connectivity index (χ4v) is 10.9. The second kappa shape index (κ2) is 60.1. The van der Waals surface area contributed by atoms with Crippen LogP contribution in [0.2, 0.25) is 0 Å². The Balaban J connectivity index is 4.12. The third kappa shape index (κ3) is 62.1. The van der Waals surface area contributed by atoms with Crippen molar-refractivity contribution >= 4 is 13.7 Å². The minimum absolute atomic E-state index is 0.00854. The largest absolute Gasteiger partial charge is 0.756 e. The maximum absolute atomic E-state index is 13.0. The number of allylic oxidation sites excluding steroid dienone is 7.